The van der Waals surface area contributed by atoms with Crippen molar-refractivity contribution >= 4 is 23.0 Å². The van der Waals surface area contributed by atoms with E-state index in [1.165, 1.54) is 0 Å². The first-order valence-electron chi connectivity index (χ1n) is 6.31. The van der Waals surface area contributed by atoms with E-state index < -0.39 is 0 Å². The molecular formula is C16H11NO2. The van der Waals surface area contributed by atoms with E-state index in [4.69, 9.17) is 0 Å². The molecule has 2 unspecified atom stereocenters. The van der Waals surface area contributed by atoms with Gasteiger partial charge in [0.15, 0.2) is 0 Å². The van der Waals surface area contributed by atoms with Crippen molar-refractivity contribution < 1.29 is 9.59 Å². The number of rotatable bonds is 0. The summed E-state index contributed by atoms with van der Waals surface area (Å²) in [5, 5.41) is 4.40. The quantitative estimate of drug-likeness (QED) is 0.659. The fourth-order valence-corrected chi connectivity index (χ4v) is 3.25. The molecule has 4 rings (SSSR count). The molecule has 0 saturated carbocycles. The molecule has 0 radical (unpaired) electrons. The summed E-state index contributed by atoms with van der Waals surface area (Å²) in [6, 6.07) is 7.80. The zero-order valence-electron chi connectivity index (χ0n) is 10.1. The lowest BCUT2D eigenvalue weighted by Gasteiger charge is -2.26. The van der Waals surface area contributed by atoms with Gasteiger partial charge in [0.25, 0.3) is 5.91 Å². The molecule has 2 atom stereocenters. The average Bonchev–Trinajstić information content (AvgIpc) is 2.75. The molecule has 0 aromatic heterocycles. The van der Waals surface area contributed by atoms with E-state index in [-0.39, 0.29) is 23.7 Å². The molecule has 1 aliphatic heterocycles. The lowest BCUT2D eigenvalue weighted by Crippen LogP contribution is -2.40. The fraction of sp³-hybridized carbons (Fsp3) is 0.125. The van der Waals surface area contributed by atoms with Crippen LogP contribution in [0.25, 0.3) is 11.1 Å². The molecule has 1 N–H and O–H groups in total. The van der Waals surface area contributed by atoms with Gasteiger partial charge in [0.05, 0.1) is 5.92 Å². The maximum atomic E-state index is 12.1. The topological polar surface area (TPSA) is 46.2 Å². The second kappa shape index (κ2) is 3.54. The number of imide groups is 1. The predicted octanol–water partition coefficient (Wildman–Crippen LogP) is 0.0164. The molecule has 19 heavy (non-hydrogen) atoms. The Kier molecular flexibility index (Phi) is 1.96. The third-order valence-electron chi connectivity index (χ3n) is 4.03. The van der Waals surface area contributed by atoms with E-state index in [0.717, 1.165) is 16.0 Å². The second-order valence-corrected chi connectivity index (χ2v) is 4.98. The van der Waals surface area contributed by atoms with E-state index in [0.29, 0.717) is 5.57 Å². The number of carbonyl (C=O) groups excluding carboxylic acids is 2. The molecule has 1 aromatic rings. The summed E-state index contributed by atoms with van der Waals surface area (Å²) in [5.74, 6) is -0.832. The van der Waals surface area contributed by atoms with Gasteiger partial charge in [-0.1, -0.05) is 48.6 Å². The molecular weight excluding hydrogens is 238 g/mol. The maximum absolute atomic E-state index is 12.1. The normalized spacial score (nSPS) is 26.9. The van der Waals surface area contributed by atoms with Gasteiger partial charge in [-0.15, -0.1) is 0 Å². The molecule has 3 aliphatic rings. The van der Waals surface area contributed by atoms with Gasteiger partial charge >= 0.3 is 0 Å². The van der Waals surface area contributed by atoms with Gasteiger partial charge in [-0.2, -0.15) is 0 Å². The molecule has 1 saturated heterocycles. The Balaban J connectivity index is 2.21. The average molecular weight is 249 g/mol. The molecule has 0 bridgehead atoms. The van der Waals surface area contributed by atoms with Gasteiger partial charge in [-0.25, -0.2) is 0 Å². The van der Waals surface area contributed by atoms with Crippen molar-refractivity contribution in [2.24, 2.45) is 11.8 Å². The van der Waals surface area contributed by atoms with Crippen molar-refractivity contribution in [3.8, 4) is 0 Å². The van der Waals surface area contributed by atoms with E-state index in [1.807, 2.05) is 48.6 Å². The van der Waals surface area contributed by atoms with Gasteiger partial charge in [0, 0.05) is 11.5 Å². The lowest BCUT2D eigenvalue weighted by atomic mass is 9.75. The first-order valence-corrected chi connectivity index (χ1v) is 6.31. The first kappa shape index (κ1) is 10.5. The number of allylic oxidation sites excluding steroid dienone is 4. The highest BCUT2D eigenvalue weighted by Crippen LogP contribution is 2.36. The molecule has 2 amide bonds. The highest BCUT2D eigenvalue weighted by Gasteiger charge is 2.44. The Hall–Kier alpha value is -2.42. The van der Waals surface area contributed by atoms with E-state index in [9.17, 15) is 9.59 Å². The minimum absolute atomic E-state index is 0.0265. The standard InChI is InChI=1S/C16H11NO2/c18-15-13-11-7-3-1-5-9(11)10-6-2-4-8-12(10)14(13)16(19)17-15/h1-8,11,13H,(H,17,18,19). The fourth-order valence-electron chi connectivity index (χ4n) is 3.25. The molecule has 0 spiro atoms. The molecule has 92 valence electrons. The van der Waals surface area contributed by atoms with Crippen LogP contribution < -0.4 is 15.8 Å². The van der Waals surface area contributed by atoms with Crippen LogP contribution in [-0.4, -0.2) is 11.8 Å². The Labute approximate surface area is 109 Å². The highest BCUT2D eigenvalue weighted by atomic mass is 16.2. The number of benzene rings is 1. The predicted molar refractivity (Wildman–Crippen MR) is 70.9 cm³/mol. The van der Waals surface area contributed by atoms with Crippen molar-refractivity contribution in [3.05, 3.63) is 59.0 Å². The van der Waals surface area contributed by atoms with Crippen LogP contribution in [0.3, 0.4) is 0 Å². The number of hydrogen-bond donors (Lipinski definition) is 1. The SMILES string of the molecule is O=C1NC(=O)C2C1=c1ccccc1=C1C=CC=CC12. The molecule has 1 fully saturated rings. The Morgan fingerprint density at radius 2 is 1.79 bits per heavy atom. The third kappa shape index (κ3) is 1.27. The van der Waals surface area contributed by atoms with Crippen LogP contribution in [0.4, 0.5) is 0 Å². The molecule has 1 aromatic carbocycles. The minimum atomic E-state index is -0.376. The first-order chi connectivity index (χ1) is 9.27. The zero-order valence-corrected chi connectivity index (χ0v) is 10.1. The summed E-state index contributed by atoms with van der Waals surface area (Å²) in [6.07, 6.45) is 7.96. The van der Waals surface area contributed by atoms with Crippen LogP contribution in [0, 0.1) is 11.8 Å². The van der Waals surface area contributed by atoms with E-state index in [2.05, 4.69) is 5.32 Å². The van der Waals surface area contributed by atoms with Crippen LogP contribution in [0.5, 0.6) is 0 Å². The Morgan fingerprint density at radius 3 is 2.63 bits per heavy atom. The van der Waals surface area contributed by atoms with Gasteiger partial charge in [0.1, 0.15) is 0 Å². The van der Waals surface area contributed by atoms with Crippen molar-refractivity contribution in [1.82, 2.24) is 5.32 Å². The van der Waals surface area contributed by atoms with Crippen LogP contribution >= 0.6 is 0 Å². The number of nitrogens with one attached hydrogen (secondary N) is 1. The third-order valence-corrected chi connectivity index (χ3v) is 4.03. The monoisotopic (exact) mass is 249 g/mol. The summed E-state index contributed by atoms with van der Waals surface area (Å²) >= 11 is 0. The summed E-state index contributed by atoms with van der Waals surface area (Å²) < 4.78 is 0. The van der Waals surface area contributed by atoms with E-state index >= 15 is 0 Å². The maximum Gasteiger partial charge on any atom is 0.255 e. The second-order valence-electron chi connectivity index (χ2n) is 4.98. The van der Waals surface area contributed by atoms with Gasteiger partial charge < -0.3 is 0 Å². The van der Waals surface area contributed by atoms with Gasteiger partial charge in [-0.3, -0.25) is 14.9 Å². The van der Waals surface area contributed by atoms with Crippen LogP contribution in [0.1, 0.15) is 0 Å². The minimum Gasteiger partial charge on any atom is -0.292 e. The smallest absolute Gasteiger partial charge is 0.255 e. The van der Waals surface area contributed by atoms with Crippen molar-refractivity contribution in [2.75, 3.05) is 0 Å². The molecule has 1 heterocycles. The van der Waals surface area contributed by atoms with Crippen LogP contribution in [0.2, 0.25) is 0 Å². The van der Waals surface area contributed by atoms with Crippen molar-refractivity contribution in [2.45, 2.75) is 0 Å². The highest BCUT2D eigenvalue weighted by molar-refractivity contribution is 6.30. The molecule has 3 nitrogen and oxygen atoms in total. The summed E-state index contributed by atoms with van der Waals surface area (Å²) in [7, 11) is 0. The Morgan fingerprint density at radius 1 is 1.00 bits per heavy atom. The van der Waals surface area contributed by atoms with Crippen LogP contribution in [-0.2, 0) is 9.59 Å². The zero-order chi connectivity index (χ0) is 13.0. The van der Waals surface area contributed by atoms with Gasteiger partial charge in [0.2, 0.25) is 5.91 Å². The van der Waals surface area contributed by atoms with Crippen LogP contribution in [0.15, 0.2) is 48.6 Å². The number of amides is 2. The summed E-state index contributed by atoms with van der Waals surface area (Å²) in [5.41, 5.74) is 1.74. The van der Waals surface area contributed by atoms with Crippen molar-refractivity contribution in [1.29, 1.82) is 0 Å². The molecule has 2 aliphatic carbocycles. The summed E-state index contributed by atoms with van der Waals surface area (Å²) in [6.45, 7) is 0. The Bertz CT molecular complexity index is 798. The number of carbonyl (C=O) groups is 2. The van der Waals surface area contributed by atoms with Crippen molar-refractivity contribution in [3.63, 3.8) is 0 Å². The number of hydrogen-bond acceptors (Lipinski definition) is 2. The lowest BCUT2D eigenvalue weighted by molar-refractivity contribution is -0.125. The van der Waals surface area contributed by atoms with E-state index in [1.54, 1.807) is 0 Å². The molecule has 3 heteroatoms. The largest absolute Gasteiger partial charge is 0.292 e. The van der Waals surface area contributed by atoms with Gasteiger partial charge in [-0.05, 0) is 16.0 Å². The summed E-state index contributed by atoms with van der Waals surface area (Å²) in [4.78, 5) is 24.1. The number of fused-ring (bicyclic) bond motifs is 4.